The molecular weight excluding hydrogens is 362 g/mol. The van der Waals surface area contributed by atoms with Gasteiger partial charge in [0.05, 0.1) is 19.3 Å². The zero-order valence-electron chi connectivity index (χ0n) is 16.3. The average molecular weight is 388 g/mol. The molecule has 27 heavy (non-hydrogen) atoms. The Balaban J connectivity index is 2.41. The third kappa shape index (κ3) is 4.98. The Labute approximate surface area is 164 Å². The number of ketones is 1. The summed E-state index contributed by atoms with van der Waals surface area (Å²) in [5.41, 5.74) is 2.32. The van der Waals surface area contributed by atoms with Crippen LogP contribution in [0.25, 0.3) is 10.4 Å². The van der Waals surface area contributed by atoms with E-state index in [9.17, 15) is 9.59 Å². The number of thiophene rings is 1. The van der Waals surface area contributed by atoms with Gasteiger partial charge in [-0.2, -0.15) is 0 Å². The minimum Gasteiger partial charge on any atom is -0.497 e. The van der Waals surface area contributed by atoms with E-state index in [4.69, 9.17) is 9.47 Å². The van der Waals surface area contributed by atoms with Gasteiger partial charge in [0.2, 0.25) is 0 Å². The molecule has 1 aromatic carbocycles. The fourth-order valence-electron chi connectivity index (χ4n) is 2.47. The van der Waals surface area contributed by atoms with E-state index in [-0.39, 0.29) is 17.7 Å². The molecule has 0 unspecified atom stereocenters. The maximum atomic E-state index is 12.5. The summed E-state index contributed by atoms with van der Waals surface area (Å²) in [5.74, 6) is 0.334. The average Bonchev–Trinajstić information content (AvgIpc) is 2.98. The van der Waals surface area contributed by atoms with Crippen molar-refractivity contribution in [1.82, 2.24) is 0 Å². The first-order valence-corrected chi connectivity index (χ1v) is 9.62. The van der Waals surface area contributed by atoms with E-state index in [2.05, 4.69) is 5.32 Å². The number of allylic oxidation sites excluding steroid dienone is 1. The molecule has 144 valence electrons. The molecule has 5 nitrogen and oxygen atoms in total. The van der Waals surface area contributed by atoms with E-state index in [1.54, 1.807) is 20.2 Å². The lowest BCUT2D eigenvalue weighted by Gasteiger charge is -2.05. The van der Waals surface area contributed by atoms with Crippen molar-refractivity contribution in [3.8, 4) is 16.2 Å². The second kappa shape index (κ2) is 9.37. The van der Waals surface area contributed by atoms with Gasteiger partial charge >= 0.3 is 5.97 Å². The van der Waals surface area contributed by atoms with Gasteiger partial charge in [-0.3, -0.25) is 4.79 Å². The fraction of sp³-hybridized carbons (Fsp3) is 0.333. The molecule has 0 aliphatic rings. The van der Waals surface area contributed by atoms with E-state index >= 15 is 0 Å². The lowest BCUT2D eigenvalue weighted by Crippen LogP contribution is -2.08. The van der Waals surface area contributed by atoms with Gasteiger partial charge in [-0.25, -0.2) is 4.79 Å². The van der Waals surface area contributed by atoms with Crippen molar-refractivity contribution in [2.24, 2.45) is 5.92 Å². The van der Waals surface area contributed by atoms with Gasteiger partial charge in [-0.1, -0.05) is 13.8 Å². The number of ether oxygens (including phenoxy) is 2. The lowest BCUT2D eigenvalue weighted by atomic mass is 10.1. The summed E-state index contributed by atoms with van der Waals surface area (Å²) >= 11 is 1.45. The Bertz CT molecular complexity index is 835. The van der Waals surface area contributed by atoms with Gasteiger partial charge in [0.25, 0.3) is 0 Å². The predicted octanol–water partition coefficient (Wildman–Crippen LogP) is 5.06. The molecule has 0 saturated heterocycles. The lowest BCUT2D eigenvalue weighted by molar-refractivity contribution is -0.117. The molecule has 2 aromatic rings. The summed E-state index contributed by atoms with van der Waals surface area (Å²) in [6.45, 7) is 7.66. The normalized spacial score (nSPS) is 11.0. The van der Waals surface area contributed by atoms with Crippen molar-refractivity contribution in [3.05, 3.63) is 47.7 Å². The molecule has 0 saturated carbocycles. The Kier molecular flexibility index (Phi) is 7.19. The second-order valence-corrected chi connectivity index (χ2v) is 7.26. The van der Waals surface area contributed by atoms with E-state index in [0.717, 1.165) is 21.8 Å². The van der Waals surface area contributed by atoms with Crippen molar-refractivity contribution < 1.29 is 19.1 Å². The zero-order chi connectivity index (χ0) is 20.0. The number of nitrogens with one attached hydrogen (secondary N) is 1. The number of carbonyl (C=O) groups is 2. The van der Waals surface area contributed by atoms with Crippen LogP contribution >= 0.6 is 11.3 Å². The molecule has 0 radical (unpaired) electrons. The number of hydrogen-bond donors (Lipinski definition) is 1. The topological polar surface area (TPSA) is 64.6 Å². The number of hydrogen-bond acceptors (Lipinski definition) is 6. The van der Waals surface area contributed by atoms with Crippen LogP contribution in [0.5, 0.6) is 5.75 Å². The first-order valence-electron chi connectivity index (χ1n) is 8.80. The van der Waals surface area contributed by atoms with Crippen molar-refractivity contribution in [2.45, 2.75) is 27.7 Å². The van der Waals surface area contributed by atoms with Crippen LogP contribution in [0.15, 0.2) is 36.5 Å². The quantitative estimate of drug-likeness (QED) is 0.507. The van der Waals surface area contributed by atoms with Crippen LogP contribution in [0.3, 0.4) is 0 Å². The first kappa shape index (κ1) is 20.7. The van der Waals surface area contributed by atoms with Gasteiger partial charge in [-0.15, -0.1) is 11.3 Å². The van der Waals surface area contributed by atoms with Crippen LogP contribution < -0.4 is 10.1 Å². The van der Waals surface area contributed by atoms with E-state index in [1.807, 2.05) is 45.0 Å². The molecule has 0 fully saturated rings. The SMILES string of the molecule is CCOC(=O)c1c(N/C=C/C(=O)C(C)C)sc(-c2ccc(OC)cc2)c1C. The highest BCUT2D eigenvalue weighted by atomic mass is 32.1. The Morgan fingerprint density at radius 1 is 1.22 bits per heavy atom. The van der Waals surface area contributed by atoms with Gasteiger partial charge in [-0.05, 0) is 55.3 Å². The highest BCUT2D eigenvalue weighted by Gasteiger charge is 2.22. The van der Waals surface area contributed by atoms with Crippen molar-refractivity contribution >= 4 is 28.1 Å². The molecule has 0 bridgehead atoms. The van der Waals surface area contributed by atoms with Crippen LogP contribution in [0.2, 0.25) is 0 Å². The Morgan fingerprint density at radius 3 is 2.44 bits per heavy atom. The van der Waals surface area contributed by atoms with Crippen LogP contribution in [-0.2, 0) is 9.53 Å². The van der Waals surface area contributed by atoms with Crippen LogP contribution in [0.4, 0.5) is 5.00 Å². The third-order valence-corrected chi connectivity index (χ3v) is 5.28. The highest BCUT2D eigenvalue weighted by Crippen LogP contribution is 2.40. The largest absolute Gasteiger partial charge is 0.497 e. The van der Waals surface area contributed by atoms with Gasteiger partial charge in [0, 0.05) is 17.0 Å². The minimum atomic E-state index is -0.378. The molecule has 0 aliphatic carbocycles. The van der Waals surface area contributed by atoms with Gasteiger partial charge in [0.1, 0.15) is 10.8 Å². The molecule has 1 aromatic heterocycles. The number of methoxy groups -OCH3 is 1. The standard InChI is InChI=1S/C21H25NO4S/c1-6-26-21(24)18-14(4)19(15-7-9-16(25-5)10-8-15)27-20(18)22-12-11-17(23)13(2)3/h7-13,22H,6H2,1-5H3/b12-11+. The number of anilines is 1. The van der Waals surface area contributed by atoms with E-state index in [0.29, 0.717) is 17.2 Å². The third-order valence-electron chi connectivity index (χ3n) is 4.01. The smallest absolute Gasteiger partial charge is 0.341 e. The molecule has 0 spiro atoms. The Morgan fingerprint density at radius 2 is 1.89 bits per heavy atom. The maximum Gasteiger partial charge on any atom is 0.341 e. The monoisotopic (exact) mass is 387 g/mol. The molecule has 0 aliphatic heterocycles. The molecule has 1 N–H and O–H groups in total. The maximum absolute atomic E-state index is 12.5. The van der Waals surface area contributed by atoms with Crippen LogP contribution in [-0.4, -0.2) is 25.5 Å². The van der Waals surface area contributed by atoms with E-state index in [1.165, 1.54) is 17.4 Å². The van der Waals surface area contributed by atoms with E-state index < -0.39 is 0 Å². The van der Waals surface area contributed by atoms with Crippen molar-refractivity contribution in [3.63, 3.8) is 0 Å². The zero-order valence-corrected chi connectivity index (χ0v) is 17.1. The second-order valence-electron chi connectivity index (χ2n) is 6.24. The van der Waals surface area contributed by atoms with Crippen LogP contribution in [0, 0.1) is 12.8 Å². The summed E-state index contributed by atoms with van der Waals surface area (Å²) < 4.78 is 10.4. The summed E-state index contributed by atoms with van der Waals surface area (Å²) in [6, 6.07) is 7.67. The fourth-order valence-corrected chi connectivity index (χ4v) is 3.65. The van der Waals surface area contributed by atoms with Gasteiger partial charge < -0.3 is 14.8 Å². The molecule has 2 rings (SSSR count). The number of carbonyl (C=O) groups excluding carboxylic acids is 2. The molecule has 1 heterocycles. The summed E-state index contributed by atoms with van der Waals surface area (Å²) in [6.07, 6.45) is 3.07. The van der Waals surface area contributed by atoms with Gasteiger partial charge in [0.15, 0.2) is 5.78 Å². The number of rotatable bonds is 8. The summed E-state index contributed by atoms with van der Waals surface area (Å²) in [4.78, 5) is 25.2. The Hall–Kier alpha value is -2.60. The summed E-state index contributed by atoms with van der Waals surface area (Å²) in [5, 5.41) is 3.74. The molecule has 0 atom stereocenters. The highest BCUT2D eigenvalue weighted by molar-refractivity contribution is 7.20. The van der Waals surface area contributed by atoms with Crippen molar-refractivity contribution in [2.75, 3.05) is 19.0 Å². The van der Waals surface area contributed by atoms with Crippen LogP contribution in [0.1, 0.15) is 36.7 Å². The van der Waals surface area contributed by atoms with Crippen molar-refractivity contribution in [1.29, 1.82) is 0 Å². The summed E-state index contributed by atoms with van der Waals surface area (Å²) in [7, 11) is 1.62. The predicted molar refractivity (Wildman–Crippen MR) is 110 cm³/mol. The number of benzene rings is 1. The molecule has 0 amide bonds. The minimum absolute atomic E-state index is 0.0174. The number of esters is 1. The molecule has 6 heteroatoms. The molecular formula is C21H25NO4S. The first-order chi connectivity index (χ1) is 12.9.